The molecule has 0 aliphatic heterocycles. The summed E-state index contributed by atoms with van der Waals surface area (Å²) in [6.07, 6.45) is 0. The second-order valence-electron chi connectivity index (χ2n) is 2.05. The van der Waals surface area contributed by atoms with Gasteiger partial charge in [0.15, 0.2) is 5.11 Å². The summed E-state index contributed by atoms with van der Waals surface area (Å²) in [6.45, 7) is 0. The number of pyridine rings is 1. The number of ether oxygens (including phenoxy) is 1. The fourth-order valence-corrected chi connectivity index (χ4v) is 0.829. The Labute approximate surface area is 75.7 Å². The topological polar surface area (TPSA) is 60.2 Å². The highest BCUT2D eigenvalue weighted by atomic mass is 32.1. The van der Waals surface area contributed by atoms with Crippen LogP contribution in [0.15, 0.2) is 18.2 Å². The van der Waals surface area contributed by atoms with E-state index in [9.17, 15) is 0 Å². The third kappa shape index (κ3) is 2.35. The Kier molecular flexibility index (Phi) is 2.82. The van der Waals surface area contributed by atoms with Gasteiger partial charge in [-0.25, -0.2) is 0 Å². The van der Waals surface area contributed by atoms with Crippen molar-refractivity contribution in [1.82, 2.24) is 4.98 Å². The smallest absolute Gasteiger partial charge is 0.214 e. The summed E-state index contributed by atoms with van der Waals surface area (Å²) < 4.78 is 4.90. The monoisotopic (exact) mass is 183 g/mol. The van der Waals surface area contributed by atoms with Crippen molar-refractivity contribution in [3.05, 3.63) is 18.2 Å². The van der Waals surface area contributed by atoms with Crippen LogP contribution in [0.25, 0.3) is 0 Å². The maximum atomic E-state index is 5.26. The van der Waals surface area contributed by atoms with Crippen LogP contribution < -0.4 is 15.8 Å². The van der Waals surface area contributed by atoms with E-state index in [4.69, 9.17) is 10.5 Å². The third-order valence-corrected chi connectivity index (χ3v) is 1.29. The lowest BCUT2D eigenvalue weighted by atomic mass is 10.4. The maximum absolute atomic E-state index is 5.26. The molecule has 3 N–H and O–H groups in total. The van der Waals surface area contributed by atoms with Crippen molar-refractivity contribution in [3.8, 4) is 5.88 Å². The SMILES string of the molecule is COc1cccc(NC(N)=S)n1. The summed E-state index contributed by atoms with van der Waals surface area (Å²) in [7, 11) is 1.55. The summed E-state index contributed by atoms with van der Waals surface area (Å²) in [4.78, 5) is 4.03. The highest BCUT2D eigenvalue weighted by Crippen LogP contribution is 2.09. The zero-order chi connectivity index (χ0) is 8.97. The molecule has 0 aliphatic carbocycles. The van der Waals surface area contributed by atoms with Crippen LogP contribution in [0.4, 0.5) is 5.82 Å². The molecule has 0 bridgehead atoms. The van der Waals surface area contributed by atoms with Crippen molar-refractivity contribution in [2.75, 3.05) is 12.4 Å². The van der Waals surface area contributed by atoms with E-state index in [1.807, 2.05) is 0 Å². The zero-order valence-corrected chi connectivity index (χ0v) is 7.39. The standard InChI is InChI=1S/C7H9N3OS/c1-11-6-4-2-3-5(9-6)10-7(8)12/h2-4H,1H3,(H3,8,9,10,12). The number of thiocarbonyl (C=S) groups is 1. The van der Waals surface area contributed by atoms with Gasteiger partial charge < -0.3 is 15.8 Å². The Morgan fingerprint density at radius 2 is 2.42 bits per heavy atom. The van der Waals surface area contributed by atoms with E-state index < -0.39 is 0 Å². The summed E-state index contributed by atoms with van der Waals surface area (Å²) in [6, 6.07) is 5.29. The van der Waals surface area contributed by atoms with Crippen LogP contribution in [-0.4, -0.2) is 17.2 Å². The molecule has 0 saturated carbocycles. The van der Waals surface area contributed by atoms with Crippen LogP contribution in [0.1, 0.15) is 0 Å². The zero-order valence-electron chi connectivity index (χ0n) is 6.57. The van der Waals surface area contributed by atoms with Gasteiger partial charge >= 0.3 is 0 Å². The number of aromatic nitrogens is 1. The highest BCUT2D eigenvalue weighted by Gasteiger charge is 1.96. The second kappa shape index (κ2) is 3.87. The first-order valence-corrected chi connectivity index (χ1v) is 3.70. The van der Waals surface area contributed by atoms with E-state index in [2.05, 4.69) is 22.5 Å². The molecule has 1 aromatic rings. The lowest BCUT2D eigenvalue weighted by molar-refractivity contribution is 0.398. The van der Waals surface area contributed by atoms with Crippen LogP contribution in [0.2, 0.25) is 0 Å². The minimum Gasteiger partial charge on any atom is -0.481 e. The normalized spacial score (nSPS) is 9.08. The van der Waals surface area contributed by atoms with Gasteiger partial charge in [-0.2, -0.15) is 4.98 Å². The predicted molar refractivity (Wildman–Crippen MR) is 51.2 cm³/mol. The summed E-state index contributed by atoms with van der Waals surface area (Å²) in [5.74, 6) is 1.11. The molecule has 0 unspecified atom stereocenters. The van der Waals surface area contributed by atoms with Crippen molar-refractivity contribution in [2.24, 2.45) is 5.73 Å². The van der Waals surface area contributed by atoms with Gasteiger partial charge in [-0.15, -0.1) is 0 Å². The first kappa shape index (κ1) is 8.73. The van der Waals surface area contributed by atoms with Gasteiger partial charge in [0.25, 0.3) is 0 Å². The second-order valence-corrected chi connectivity index (χ2v) is 2.49. The molecular formula is C7H9N3OS. The van der Waals surface area contributed by atoms with Crippen molar-refractivity contribution in [3.63, 3.8) is 0 Å². The maximum Gasteiger partial charge on any atom is 0.214 e. The molecule has 1 rings (SSSR count). The fourth-order valence-electron chi connectivity index (χ4n) is 0.724. The van der Waals surface area contributed by atoms with E-state index >= 15 is 0 Å². The number of anilines is 1. The number of methoxy groups -OCH3 is 1. The van der Waals surface area contributed by atoms with Crippen LogP contribution in [0.3, 0.4) is 0 Å². The molecule has 0 aliphatic rings. The minimum absolute atomic E-state index is 0.191. The van der Waals surface area contributed by atoms with Gasteiger partial charge in [0, 0.05) is 6.07 Å². The van der Waals surface area contributed by atoms with Gasteiger partial charge in [-0.05, 0) is 18.3 Å². The molecule has 0 aromatic carbocycles. The average Bonchev–Trinajstić information content (AvgIpc) is 2.03. The van der Waals surface area contributed by atoms with Gasteiger partial charge in [0.2, 0.25) is 5.88 Å². The highest BCUT2D eigenvalue weighted by molar-refractivity contribution is 7.80. The molecule has 0 spiro atoms. The van der Waals surface area contributed by atoms with Crippen molar-refractivity contribution < 1.29 is 4.74 Å². The quantitative estimate of drug-likeness (QED) is 0.662. The van der Waals surface area contributed by atoms with E-state index in [0.29, 0.717) is 11.7 Å². The van der Waals surface area contributed by atoms with Gasteiger partial charge in [-0.3, -0.25) is 0 Å². The van der Waals surface area contributed by atoms with Crippen molar-refractivity contribution in [1.29, 1.82) is 0 Å². The molecule has 0 saturated heterocycles. The Balaban J connectivity index is 2.79. The molecule has 4 nitrogen and oxygen atoms in total. The molecule has 12 heavy (non-hydrogen) atoms. The lowest BCUT2D eigenvalue weighted by Crippen LogP contribution is -2.19. The molecule has 0 radical (unpaired) electrons. The van der Waals surface area contributed by atoms with Gasteiger partial charge in [-0.1, -0.05) is 6.07 Å². The van der Waals surface area contributed by atoms with Gasteiger partial charge in [0.05, 0.1) is 7.11 Å². The van der Waals surface area contributed by atoms with Crippen LogP contribution in [0.5, 0.6) is 5.88 Å². The van der Waals surface area contributed by atoms with E-state index in [-0.39, 0.29) is 5.11 Å². The molecule has 0 atom stereocenters. The Bertz CT molecular complexity index is 290. The van der Waals surface area contributed by atoms with Crippen LogP contribution >= 0.6 is 12.2 Å². The number of hydrogen-bond donors (Lipinski definition) is 2. The summed E-state index contributed by atoms with van der Waals surface area (Å²) >= 11 is 4.64. The minimum atomic E-state index is 0.191. The predicted octanol–water partition coefficient (Wildman–Crippen LogP) is 0.746. The molecule has 1 aromatic heterocycles. The van der Waals surface area contributed by atoms with E-state index in [0.717, 1.165) is 0 Å². The van der Waals surface area contributed by atoms with Crippen molar-refractivity contribution in [2.45, 2.75) is 0 Å². The van der Waals surface area contributed by atoms with Crippen molar-refractivity contribution >= 4 is 23.1 Å². The average molecular weight is 183 g/mol. The molecule has 0 amide bonds. The largest absolute Gasteiger partial charge is 0.481 e. The van der Waals surface area contributed by atoms with Crippen LogP contribution in [0, 0.1) is 0 Å². The third-order valence-electron chi connectivity index (χ3n) is 1.18. The van der Waals surface area contributed by atoms with Gasteiger partial charge in [0.1, 0.15) is 5.82 Å². The number of hydrogen-bond acceptors (Lipinski definition) is 3. The van der Waals surface area contributed by atoms with E-state index in [1.54, 1.807) is 25.3 Å². The first-order chi connectivity index (χ1) is 5.72. The first-order valence-electron chi connectivity index (χ1n) is 3.30. The number of nitrogens with two attached hydrogens (primary N) is 1. The molecule has 64 valence electrons. The number of nitrogens with zero attached hydrogens (tertiary/aromatic N) is 1. The Hall–Kier alpha value is -1.36. The molecule has 0 fully saturated rings. The molecule has 1 heterocycles. The Morgan fingerprint density at radius 3 is 3.00 bits per heavy atom. The summed E-state index contributed by atoms with van der Waals surface area (Å²) in [5, 5.41) is 2.89. The number of rotatable bonds is 2. The van der Waals surface area contributed by atoms with E-state index in [1.165, 1.54) is 0 Å². The molecule has 5 heteroatoms. The summed E-state index contributed by atoms with van der Waals surface area (Å²) in [5.41, 5.74) is 5.26. The van der Waals surface area contributed by atoms with Crippen LogP contribution in [-0.2, 0) is 0 Å². The Morgan fingerprint density at radius 1 is 1.67 bits per heavy atom. The molecular weight excluding hydrogens is 174 g/mol. The fraction of sp³-hybridized carbons (Fsp3) is 0.143. The lowest BCUT2D eigenvalue weighted by Gasteiger charge is -2.03. The number of nitrogens with one attached hydrogen (secondary N) is 1.